The Morgan fingerprint density at radius 1 is 1.25 bits per heavy atom. The van der Waals surface area contributed by atoms with Gasteiger partial charge in [0.1, 0.15) is 18.2 Å². The number of fused-ring (bicyclic) bond motifs is 1. The summed E-state index contributed by atoms with van der Waals surface area (Å²) in [4.78, 5) is 37.2. The second kappa shape index (κ2) is 6.03. The van der Waals surface area contributed by atoms with Crippen molar-refractivity contribution < 1.29 is 13.6 Å². The van der Waals surface area contributed by atoms with E-state index in [-0.39, 0.29) is 12.2 Å². The summed E-state index contributed by atoms with van der Waals surface area (Å²) in [6.07, 6.45) is 2.20. The molecule has 0 aliphatic carbocycles. The number of carbonyl (C=O) groups is 1. The van der Waals surface area contributed by atoms with Gasteiger partial charge in [0, 0.05) is 37.5 Å². The summed E-state index contributed by atoms with van der Waals surface area (Å²) in [7, 11) is 1.31. The van der Waals surface area contributed by atoms with Crippen LogP contribution in [0.25, 0.3) is 0 Å². The highest BCUT2D eigenvalue weighted by Crippen LogP contribution is 2.30. The number of benzene rings is 1. The Morgan fingerprint density at radius 3 is 2.75 bits per heavy atom. The van der Waals surface area contributed by atoms with Gasteiger partial charge < -0.3 is 4.90 Å². The molecule has 0 saturated heterocycles. The molecule has 1 aromatic carbocycles. The number of halogens is 2. The van der Waals surface area contributed by atoms with Crippen LogP contribution >= 0.6 is 0 Å². The normalized spacial score (nSPS) is 13.7. The summed E-state index contributed by atoms with van der Waals surface area (Å²) in [5, 5.41) is 0. The highest BCUT2D eigenvalue weighted by molar-refractivity contribution is 5.94. The van der Waals surface area contributed by atoms with Crippen LogP contribution in [-0.4, -0.2) is 21.6 Å². The molecule has 2 heterocycles. The predicted molar refractivity (Wildman–Crippen MR) is 83.0 cm³/mol. The topological polar surface area (TPSA) is 64.3 Å². The molecule has 6 nitrogen and oxygen atoms in total. The molecule has 0 unspecified atom stereocenters. The third-order valence-corrected chi connectivity index (χ3v) is 4.10. The molecule has 0 N–H and O–H groups in total. The summed E-state index contributed by atoms with van der Waals surface area (Å²) < 4.78 is 29.4. The van der Waals surface area contributed by atoms with Crippen molar-refractivity contribution >= 4 is 11.6 Å². The number of hydrogen-bond donors (Lipinski definition) is 0. The van der Waals surface area contributed by atoms with Crippen LogP contribution in [0.15, 0.2) is 34.0 Å². The van der Waals surface area contributed by atoms with Crippen LogP contribution in [0.3, 0.4) is 0 Å². The molecule has 3 rings (SSSR count). The summed E-state index contributed by atoms with van der Waals surface area (Å²) >= 11 is 0. The van der Waals surface area contributed by atoms with Gasteiger partial charge >= 0.3 is 5.69 Å². The van der Waals surface area contributed by atoms with Crippen molar-refractivity contribution in [3.05, 3.63) is 62.4 Å². The fraction of sp³-hybridized carbons (Fsp3) is 0.312. The monoisotopic (exact) mass is 335 g/mol. The minimum Gasteiger partial charge on any atom is -0.310 e. The maximum atomic E-state index is 13.9. The molecule has 0 atom stereocenters. The molecular formula is C16H15F2N3O3. The Balaban J connectivity index is 1.95. The van der Waals surface area contributed by atoms with Crippen LogP contribution < -0.4 is 16.1 Å². The third kappa shape index (κ3) is 2.75. The van der Waals surface area contributed by atoms with E-state index in [0.717, 1.165) is 21.3 Å². The fourth-order valence-electron chi connectivity index (χ4n) is 2.84. The number of carbonyl (C=O) groups excluding carboxylic acids is 1. The van der Waals surface area contributed by atoms with E-state index in [1.54, 1.807) is 0 Å². The first-order chi connectivity index (χ1) is 11.4. The molecule has 0 fully saturated rings. The fourth-order valence-corrected chi connectivity index (χ4v) is 2.84. The second-order valence-corrected chi connectivity index (χ2v) is 5.66. The number of rotatable bonds is 2. The smallest absolute Gasteiger partial charge is 0.310 e. The van der Waals surface area contributed by atoms with E-state index in [4.69, 9.17) is 0 Å². The number of hydrogen-bond acceptors (Lipinski definition) is 3. The lowest BCUT2D eigenvalue weighted by molar-refractivity contribution is -0.119. The summed E-state index contributed by atoms with van der Waals surface area (Å²) in [5.74, 6) is -1.91. The zero-order chi connectivity index (χ0) is 17.4. The lowest BCUT2D eigenvalue weighted by Crippen LogP contribution is -2.43. The van der Waals surface area contributed by atoms with Gasteiger partial charge in [-0.2, -0.15) is 0 Å². The van der Waals surface area contributed by atoms with Crippen LogP contribution in [0.2, 0.25) is 0 Å². The molecule has 24 heavy (non-hydrogen) atoms. The first-order valence-corrected chi connectivity index (χ1v) is 7.43. The summed E-state index contributed by atoms with van der Waals surface area (Å²) in [6.45, 7) is -0.000231. The van der Waals surface area contributed by atoms with Gasteiger partial charge in [0.2, 0.25) is 5.91 Å². The highest BCUT2D eigenvalue weighted by Gasteiger charge is 2.26. The Hall–Kier alpha value is -2.77. The van der Waals surface area contributed by atoms with Crippen LogP contribution in [-0.2, 0) is 24.8 Å². The van der Waals surface area contributed by atoms with Crippen molar-refractivity contribution in [2.45, 2.75) is 19.4 Å². The average molecular weight is 335 g/mol. The van der Waals surface area contributed by atoms with E-state index in [0.29, 0.717) is 24.9 Å². The zero-order valence-corrected chi connectivity index (χ0v) is 13.0. The van der Waals surface area contributed by atoms with Crippen LogP contribution in [0, 0.1) is 11.6 Å². The molecule has 2 aromatic rings. The van der Waals surface area contributed by atoms with Crippen molar-refractivity contribution in [1.82, 2.24) is 9.13 Å². The molecule has 1 amide bonds. The Labute approximate surface area is 135 Å². The van der Waals surface area contributed by atoms with Crippen molar-refractivity contribution in [3.63, 3.8) is 0 Å². The molecule has 0 saturated carbocycles. The molecular weight excluding hydrogens is 320 g/mol. The maximum absolute atomic E-state index is 13.9. The molecule has 0 spiro atoms. The van der Waals surface area contributed by atoms with Gasteiger partial charge in [-0.15, -0.1) is 0 Å². The molecule has 126 valence electrons. The minimum atomic E-state index is -0.759. The molecule has 1 aliphatic rings. The van der Waals surface area contributed by atoms with Gasteiger partial charge in [-0.1, -0.05) is 0 Å². The number of aromatic nitrogens is 2. The van der Waals surface area contributed by atoms with E-state index < -0.39 is 28.8 Å². The van der Waals surface area contributed by atoms with Gasteiger partial charge in [0.15, 0.2) is 0 Å². The van der Waals surface area contributed by atoms with E-state index in [2.05, 4.69) is 0 Å². The van der Waals surface area contributed by atoms with Crippen LogP contribution in [0.4, 0.5) is 14.5 Å². The number of anilines is 1. The lowest BCUT2D eigenvalue weighted by Gasteiger charge is -2.30. The van der Waals surface area contributed by atoms with Crippen molar-refractivity contribution in [2.24, 2.45) is 7.05 Å². The van der Waals surface area contributed by atoms with Gasteiger partial charge in [-0.05, 0) is 18.9 Å². The predicted octanol–water partition coefficient (Wildman–Crippen LogP) is 0.805. The average Bonchev–Trinajstić information content (AvgIpc) is 2.54. The molecule has 0 bridgehead atoms. The summed E-state index contributed by atoms with van der Waals surface area (Å²) in [6, 6.07) is 3.10. The van der Waals surface area contributed by atoms with E-state index in [1.165, 1.54) is 24.2 Å². The van der Waals surface area contributed by atoms with E-state index in [1.807, 2.05) is 0 Å². The molecule has 0 radical (unpaired) electrons. The summed E-state index contributed by atoms with van der Waals surface area (Å²) in [5.41, 5.74) is -0.611. The minimum absolute atomic E-state index is 0.196. The van der Waals surface area contributed by atoms with Crippen molar-refractivity contribution in [3.8, 4) is 0 Å². The first-order valence-electron chi connectivity index (χ1n) is 7.43. The second-order valence-electron chi connectivity index (χ2n) is 5.66. The molecule has 8 heteroatoms. The molecule has 1 aromatic heterocycles. The van der Waals surface area contributed by atoms with E-state index >= 15 is 0 Å². The zero-order valence-electron chi connectivity index (χ0n) is 13.0. The largest absolute Gasteiger partial charge is 0.331 e. The SMILES string of the molecule is Cn1c(=O)ccn(CC(=O)N2CCCc3c(F)cc(F)cc32)c1=O. The number of amides is 1. The van der Waals surface area contributed by atoms with Crippen molar-refractivity contribution in [2.75, 3.05) is 11.4 Å². The lowest BCUT2D eigenvalue weighted by atomic mass is 10.0. The van der Waals surface area contributed by atoms with Crippen LogP contribution in [0.5, 0.6) is 0 Å². The Morgan fingerprint density at radius 2 is 2.00 bits per heavy atom. The van der Waals surface area contributed by atoms with Gasteiger partial charge in [-0.25, -0.2) is 13.6 Å². The van der Waals surface area contributed by atoms with Gasteiger partial charge in [-0.3, -0.25) is 18.7 Å². The highest BCUT2D eigenvalue weighted by atomic mass is 19.1. The maximum Gasteiger partial charge on any atom is 0.331 e. The first kappa shape index (κ1) is 16.1. The Kier molecular flexibility index (Phi) is 4.04. The van der Waals surface area contributed by atoms with E-state index in [9.17, 15) is 23.2 Å². The van der Waals surface area contributed by atoms with Crippen molar-refractivity contribution in [1.29, 1.82) is 0 Å². The van der Waals surface area contributed by atoms with Crippen LogP contribution in [0.1, 0.15) is 12.0 Å². The standard InChI is InChI=1S/C16H15F2N3O3/c1-19-14(22)4-6-20(16(19)24)9-15(23)21-5-2-3-11-12(18)7-10(17)8-13(11)21/h4,6-8H,2-3,5,9H2,1H3. The molecule has 1 aliphatic heterocycles. The van der Waals surface area contributed by atoms with Gasteiger partial charge in [0.25, 0.3) is 5.56 Å². The quantitative estimate of drug-likeness (QED) is 0.816. The number of nitrogens with zero attached hydrogens (tertiary/aromatic N) is 3. The van der Waals surface area contributed by atoms with Gasteiger partial charge in [0.05, 0.1) is 5.69 Å². The third-order valence-electron chi connectivity index (χ3n) is 4.10. The Bertz CT molecular complexity index is 933.